The van der Waals surface area contributed by atoms with Crippen LogP contribution in [0, 0.1) is 0 Å². The zero-order valence-electron chi connectivity index (χ0n) is 10.2. The molecule has 0 aliphatic carbocycles. The molecule has 1 saturated heterocycles. The summed E-state index contributed by atoms with van der Waals surface area (Å²) in [5.41, 5.74) is 0. The number of esters is 2. The third kappa shape index (κ3) is 4.96. The van der Waals surface area contributed by atoms with Crippen LogP contribution in [0.3, 0.4) is 0 Å². The van der Waals surface area contributed by atoms with Gasteiger partial charge in [0.25, 0.3) is 5.91 Å². The number of nitrogens with zero attached hydrogens (tertiary/aromatic N) is 1. The molecule has 100 valence electrons. The predicted molar refractivity (Wildman–Crippen MR) is 61.6 cm³/mol. The minimum Gasteiger partial charge on any atom is -0.466 e. The number of carbonyl (C=O) groups excluding carboxylic acids is 3. The van der Waals surface area contributed by atoms with Crippen molar-refractivity contribution in [3.05, 3.63) is 12.2 Å². The fourth-order valence-electron chi connectivity index (χ4n) is 1.39. The van der Waals surface area contributed by atoms with Crippen LogP contribution in [0.5, 0.6) is 0 Å². The molecule has 1 aliphatic rings. The van der Waals surface area contributed by atoms with Crippen molar-refractivity contribution in [1.29, 1.82) is 0 Å². The summed E-state index contributed by atoms with van der Waals surface area (Å²) < 4.78 is 9.01. The van der Waals surface area contributed by atoms with Crippen molar-refractivity contribution in [3.8, 4) is 0 Å². The van der Waals surface area contributed by atoms with Crippen molar-refractivity contribution in [2.24, 2.45) is 0 Å². The Hall–Kier alpha value is -1.89. The Labute approximate surface area is 105 Å². The molecule has 1 rings (SSSR count). The first-order chi connectivity index (χ1) is 8.63. The molecule has 0 aromatic heterocycles. The van der Waals surface area contributed by atoms with Gasteiger partial charge in [0.1, 0.15) is 0 Å². The van der Waals surface area contributed by atoms with Gasteiger partial charge in [0.15, 0.2) is 6.61 Å². The number of carbonyl (C=O) groups is 3. The first kappa shape index (κ1) is 14.2. The molecule has 7 nitrogen and oxygen atoms in total. The lowest BCUT2D eigenvalue weighted by Crippen LogP contribution is -2.47. The standard InChI is InChI=1S/C11H16N2O5/c1-17-10(15)2-3-11(16)18-8-9(14)13-6-4-12-5-7-13/h2-3,12H,4-8H2,1H3. The maximum atomic E-state index is 11.6. The average molecular weight is 256 g/mol. The number of amides is 1. The molecule has 1 aliphatic heterocycles. The third-order valence-corrected chi connectivity index (χ3v) is 2.36. The number of hydrogen-bond donors (Lipinski definition) is 1. The molecule has 0 aromatic carbocycles. The molecule has 0 bridgehead atoms. The Bertz CT molecular complexity index is 347. The van der Waals surface area contributed by atoms with Gasteiger partial charge in [-0.25, -0.2) is 9.59 Å². The molecular weight excluding hydrogens is 240 g/mol. The Morgan fingerprint density at radius 2 is 1.78 bits per heavy atom. The Morgan fingerprint density at radius 1 is 1.17 bits per heavy atom. The van der Waals surface area contributed by atoms with Crippen LogP contribution in [-0.4, -0.2) is 62.6 Å². The van der Waals surface area contributed by atoms with E-state index in [4.69, 9.17) is 4.74 Å². The van der Waals surface area contributed by atoms with Crippen molar-refractivity contribution < 1.29 is 23.9 Å². The van der Waals surface area contributed by atoms with Crippen molar-refractivity contribution in [1.82, 2.24) is 10.2 Å². The van der Waals surface area contributed by atoms with Gasteiger partial charge in [-0.1, -0.05) is 0 Å². The summed E-state index contributed by atoms with van der Waals surface area (Å²) in [6.07, 6.45) is 1.87. The van der Waals surface area contributed by atoms with Gasteiger partial charge in [0.05, 0.1) is 7.11 Å². The number of methoxy groups -OCH3 is 1. The molecule has 18 heavy (non-hydrogen) atoms. The number of rotatable bonds is 4. The van der Waals surface area contributed by atoms with Crippen LogP contribution in [0.25, 0.3) is 0 Å². The zero-order valence-corrected chi connectivity index (χ0v) is 10.2. The van der Waals surface area contributed by atoms with Crippen LogP contribution < -0.4 is 5.32 Å². The lowest BCUT2D eigenvalue weighted by molar-refractivity contribution is -0.148. The van der Waals surface area contributed by atoms with Gasteiger partial charge in [-0.05, 0) is 0 Å². The second kappa shape index (κ2) is 7.44. The highest BCUT2D eigenvalue weighted by Gasteiger charge is 2.16. The molecule has 0 saturated carbocycles. The second-order valence-electron chi connectivity index (χ2n) is 3.59. The highest BCUT2D eigenvalue weighted by molar-refractivity contribution is 5.92. The van der Waals surface area contributed by atoms with Gasteiger partial charge in [0.2, 0.25) is 0 Å². The van der Waals surface area contributed by atoms with Crippen LogP contribution in [-0.2, 0) is 23.9 Å². The number of nitrogens with one attached hydrogen (secondary N) is 1. The van der Waals surface area contributed by atoms with Crippen LogP contribution in [0.1, 0.15) is 0 Å². The van der Waals surface area contributed by atoms with Crippen molar-refractivity contribution in [2.45, 2.75) is 0 Å². The van der Waals surface area contributed by atoms with Crippen molar-refractivity contribution >= 4 is 17.8 Å². The summed E-state index contributed by atoms with van der Waals surface area (Å²) in [7, 11) is 1.20. The van der Waals surface area contributed by atoms with E-state index in [1.165, 1.54) is 7.11 Å². The second-order valence-corrected chi connectivity index (χ2v) is 3.59. The van der Waals surface area contributed by atoms with Crippen molar-refractivity contribution in [2.75, 3.05) is 39.9 Å². The van der Waals surface area contributed by atoms with Crippen LogP contribution in [0.15, 0.2) is 12.2 Å². The summed E-state index contributed by atoms with van der Waals surface area (Å²) in [4.78, 5) is 35.1. The van der Waals surface area contributed by atoms with Gasteiger partial charge in [0, 0.05) is 38.3 Å². The first-order valence-corrected chi connectivity index (χ1v) is 5.54. The quantitative estimate of drug-likeness (QED) is 0.496. The molecule has 0 unspecified atom stereocenters. The Kier molecular flexibility index (Phi) is 5.86. The van der Waals surface area contributed by atoms with Gasteiger partial charge in [-0.15, -0.1) is 0 Å². The number of ether oxygens (including phenoxy) is 2. The molecule has 1 heterocycles. The molecule has 0 spiro atoms. The Morgan fingerprint density at radius 3 is 2.39 bits per heavy atom. The van der Waals surface area contributed by atoms with E-state index >= 15 is 0 Å². The fourth-order valence-corrected chi connectivity index (χ4v) is 1.39. The van der Waals surface area contributed by atoms with E-state index in [1.54, 1.807) is 4.90 Å². The molecule has 0 aromatic rings. The van der Waals surface area contributed by atoms with E-state index in [1.807, 2.05) is 0 Å². The summed E-state index contributed by atoms with van der Waals surface area (Å²) in [5.74, 6) is -1.64. The summed E-state index contributed by atoms with van der Waals surface area (Å²) in [6, 6.07) is 0. The predicted octanol–water partition coefficient (Wildman–Crippen LogP) is -1.31. The largest absolute Gasteiger partial charge is 0.466 e. The smallest absolute Gasteiger partial charge is 0.331 e. The normalized spacial score (nSPS) is 15.5. The fraction of sp³-hybridized carbons (Fsp3) is 0.545. The third-order valence-electron chi connectivity index (χ3n) is 2.36. The molecule has 7 heteroatoms. The molecule has 0 atom stereocenters. The summed E-state index contributed by atoms with van der Waals surface area (Å²) >= 11 is 0. The van der Waals surface area contributed by atoms with Crippen LogP contribution >= 0.6 is 0 Å². The highest BCUT2D eigenvalue weighted by atomic mass is 16.5. The van der Waals surface area contributed by atoms with E-state index in [9.17, 15) is 14.4 Å². The van der Waals surface area contributed by atoms with Gasteiger partial charge in [-0.3, -0.25) is 4.79 Å². The topological polar surface area (TPSA) is 84.9 Å². The van der Waals surface area contributed by atoms with Gasteiger partial charge in [-0.2, -0.15) is 0 Å². The van der Waals surface area contributed by atoms with E-state index in [0.717, 1.165) is 25.2 Å². The molecular formula is C11H16N2O5. The minimum absolute atomic E-state index is 0.240. The molecule has 0 radical (unpaired) electrons. The molecule has 1 fully saturated rings. The van der Waals surface area contributed by atoms with Crippen molar-refractivity contribution in [3.63, 3.8) is 0 Å². The van der Waals surface area contributed by atoms with Gasteiger partial charge < -0.3 is 19.7 Å². The lowest BCUT2D eigenvalue weighted by atomic mass is 10.3. The SMILES string of the molecule is COC(=O)C=CC(=O)OCC(=O)N1CCNCC1. The zero-order chi connectivity index (χ0) is 13.4. The summed E-state index contributed by atoms with van der Waals surface area (Å²) in [6.45, 7) is 2.37. The van der Waals surface area contributed by atoms with Crippen LogP contribution in [0.4, 0.5) is 0 Å². The lowest BCUT2D eigenvalue weighted by Gasteiger charge is -2.27. The molecule has 1 amide bonds. The first-order valence-electron chi connectivity index (χ1n) is 5.54. The van der Waals surface area contributed by atoms with Crippen LogP contribution in [0.2, 0.25) is 0 Å². The maximum Gasteiger partial charge on any atom is 0.331 e. The van der Waals surface area contributed by atoms with Gasteiger partial charge >= 0.3 is 11.9 Å². The number of piperazine rings is 1. The number of hydrogen-bond acceptors (Lipinski definition) is 6. The minimum atomic E-state index is -0.746. The maximum absolute atomic E-state index is 11.6. The van der Waals surface area contributed by atoms with E-state index in [0.29, 0.717) is 13.1 Å². The Balaban J connectivity index is 2.27. The van der Waals surface area contributed by atoms with E-state index in [2.05, 4.69) is 10.1 Å². The monoisotopic (exact) mass is 256 g/mol. The average Bonchev–Trinajstić information content (AvgIpc) is 2.42. The van der Waals surface area contributed by atoms with E-state index < -0.39 is 11.9 Å². The highest BCUT2D eigenvalue weighted by Crippen LogP contribution is 1.94. The van der Waals surface area contributed by atoms with E-state index in [-0.39, 0.29) is 12.5 Å². The molecule has 1 N–H and O–H groups in total. The summed E-state index contributed by atoms with van der Waals surface area (Å²) in [5, 5.41) is 3.11.